The predicted molar refractivity (Wildman–Crippen MR) is 50.7 cm³/mol. The van der Waals surface area contributed by atoms with Crippen molar-refractivity contribution in [2.45, 2.75) is 20.8 Å². The molecule has 0 atom stereocenters. The lowest BCUT2D eigenvalue weighted by Gasteiger charge is -2.03. The molecule has 0 saturated heterocycles. The van der Waals surface area contributed by atoms with Crippen LogP contribution in [0.3, 0.4) is 0 Å². The average Bonchev–Trinajstić information content (AvgIpc) is 2.15. The molecule has 1 N–H and O–H groups in total. The van der Waals surface area contributed by atoms with Gasteiger partial charge >= 0.3 is 0 Å². The van der Waals surface area contributed by atoms with Gasteiger partial charge in [-0.05, 0) is 18.6 Å². The number of rotatable bonds is 1. The Hall–Kier alpha value is -1.25. The van der Waals surface area contributed by atoms with Gasteiger partial charge in [-0.15, -0.1) is 0 Å². The number of halogens is 1. The van der Waals surface area contributed by atoms with Crippen LogP contribution in [-0.4, -0.2) is 12.2 Å². The summed E-state index contributed by atoms with van der Waals surface area (Å²) in [5, 5.41) is 9.12. The van der Waals surface area contributed by atoms with Crippen LogP contribution in [0.2, 0.25) is 0 Å². The number of hydrogen-bond acceptors (Lipinski definition) is 2. The number of aromatic hydroxyl groups is 1. The van der Waals surface area contributed by atoms with Gasteiger partial charge in [-0.1, -0.05) is 13.8 Å². The van der Waals surface area contributed by atoms with Gasteiger partial charge in [0.25, 0.3) is 0 Å². The summed E-state index contributed by atoms with van der Waals surface area (Å²) in [5.74, 6) is -0.251. The Bertz CT molecular complexity index is 272. The molecule has 0 amide bonds. The molecule has 0 saturated carbocycles. The molecule has 0 spiro atoms. The third-order valence-electron chi connectivity index (χ3n) is 1.46. The van der Waals surface area contributed by atoms with Crippen molar-refractivity contribution in [1.82, 2.24) is 0 Å². The molecule has 0 aliphatic heterocycles. The van der Waals surface area contributed by atoms with Crippen LogP contribution in [0, 0.1) is 12.7 Å². The molecule has 1 aromatic rings. The van der Waals surface area contributed by atoms with E-state index in [1.165, 1.54) is 13.2 Å². The molecule has 1 aromatic carbocycles. The molecule has 74 valence electrons. The molecule has 3 heteroatoms. The second-order valence-electron chi connectivity index (χ2n) is 2.27. The maximum absolute atomic E-state index is 12.8. The second-order valence-corrected chi connectivity index (χ2v) is 2.27. The van der Waals surface area contributed by atoms with E-state index >= 15 is 0 Å². The predicted octanol–water partition coefficient (Wildman–Crippen LogP) is 2.87. The number of benzene rings is 1. The first-order valence-electron chi connectivity index (χ1n) is 4.18. The minimum absolute atomic E-state index is 0.0357. The highest BCUT2D eigenvalue weighted by Gasteiger charge is 2.05. The lowest BCUT2D eigenvalue weighted by molar-refractivity contribution is 0.369. The SMILES string of the molecule is CC.COc1cc(F)c(C)cc1O. The van der Waals surface area contributed by atoms with Gasteiger partial charge in [-0.3, -0.25) is 0 Å². The summed E-state index contributed by atoms with van der Waals surface area (Å²) in [6, 6.07) is 2.48. The van der Waals surface area contributed by atoms with Crippen molar-refractivity contribution >= 4 is 0 Å². The van der Waals surface area contributed by atoms with Gasteiger partial charge in [0.05, 0.1) is 7.11 Å². The van der Waals surface area contributed by atoms with E-state index in [9.17, 15) is 4.39 Å². The Morgan fingerprint density at radius 2 is 1.85 bits per heavy atom. The fourth-order valence-corrected chi connectivity index (χ4v) is 0.812. The van der Waals surface area contributed by atoms with Gasteiger partial charge in [-0.2, -0.15) is 0 Å². The van der Waals surface area contributed by atoms with E-state index in [2.05, 4.69) is 0 Å². The van der Waals surface area contributed by atoms with Crippen LogP contribution >= 0.6 is 0 Å². The number of aryl methyl sites for hydroxylation is 1. The molecular formula is C10H15FO2. The van der Waals surface area contributed by atoms with E-state index in [1.807, 2.05) is 13.8 Å². The highest BCUT2D eigenvalue weighted by Crippen LogP contribution is 2.27. The van der Waals surface area contributed by atoms with E-state index in [0.29, 0.717) is 5.56 Å². The lowest BCUT2D eigenvalue weighted by atomic mass is 10.2. The van der Waals surface area contributed by atoms with Gasteiger partial charge in [-0.25, -0.2) is 4.39 Å². The normalized spacial score (nSPS) is 8.69. The second kappa shape index (κ2) is 5.41. The van der Waals surface area contributed by atoms with E-state index in [4.69, 9.17) is 9.84 Å². The van der Waals surface area contributed by atoms with Gasteiger partial charge in [0.1, 0.15) is 5.82 Å². The van der Waals surface area contributed by atoms with E-state index in [0.717, 1.165) is 6.07 Å². The summed E-state index contributed by atoms with van der Waals surface area (Å²) < 4.78 is 17.4. The van der Waals surface area contributed by atoms with Gasteiger partial charge < -0.3 is 9.84 Å². The van der Waals surface area contributed by atoms with Gasteiger partial charge in [0.15, 0.2) is 11.5 Å². The molecule has 0 bridgehead atoms. The van der Waals surface area contributed by atoms with Crippen molar-refractivity contribution in [3.8, 4) is 11.5 Å². The smallest absolute Gasteiger partial charge is 0.163 e. The molecular weight excluding hydrogens is 171 g/mol. The van der Waals surface area contributed by atoms with Crippen molar-refractivity contribution in [3.63, 3.8) is 0 Å². The molecule has 13 heavy (non-hydrogen) atoms. The molecule has 0 aromatic heterocycles. The number of methoxy groups -OCH3 is 1. The van der Waals surface area contributed by atoms with Crippen LogP contribution in [0.25, 0.3) is 0 Å². The third kappa shape index (κ3) is 2.93. The Kier molecular flexibility index (Phi) is 4.89. The standard InChI is InChI=1S/C8H9FO2.C2H6/c1-5-3-7(10)8(11-2)4-6(5)9;1-2/h3-4,10H,1-2H3;1-2H3. The van der Waals surface area contributed by atoms with Crippen LogP contribution in [0.4, 0.5) is 4.39 Å². The zero-order valence-electron chi connectivity index (χ0n) is 8.39. The highest BCUT2D eigenvalue weighted by atomic mass is 19.1. The summed E-state index contributed by atoms with van der Waals surface area (Å²) in [5.41, 5.74) is 0.406. The van der Waals surface area contributed by atoms with Crippen LogP contribution in [0.15, 0.2) is 12.1 Å². The Morgan fingerprint density at radius 3 is 2.31 bits per heavy atom. The first kappa shape index (κ1) is 11.8. The molecule has 0 aliphatic carbocycles. The largest absolute Gasteiger partial charge is 0.504 e. The fourth-order valence-electron chi connectivity index (χ4n) is 0.812. The third-order valence-corrected chi connectivity index (χ3v) is 1.46. The Balaban J connectivity index is 0.000000671. The summed E-state index contributed by atoms with van der Waals surface area (Å²) in [7, 11) is 1.38. The number of phenolic OH excluding ortho intramolecular Hbond substituents is 1. The topological polar surface area (TPSA) is 29.5 Å². The maximum Gasteiger partial charge on any atom is 0.163 e. The monoisotopic (exact) mass is 186 g/mol. The Morgan fingerprint density at radius 1 is 1.31 bits per heavy atom. The zero-order valence-corrected chi connectivity index (χ0v) is 8.39. The van der Waals surface area contributed by atoms with Crippen LogP contribution < -0.4 is 4.74 Å². The quantitative estimate of drug-likeness (QED) is 0.730. The van der Waals surface area contributed by atoms with E-state index in [-0.39, 0.29) is 17.3 Å². The molecule has 0 fully saturated rings. The molecule has 2 nitrogen and oxygen atoms in total. The van der Waals surface area contributed by atoms with E-state index < -0.39 is 0 Å². The summed E-state index contributed by atoms with van der Waals surface area (Å²) in [4.78, 5) is 0. The minimum Gasteiger partial charge on any atom is -0.504 e. The summed E-state index contributed by atoms with van der Waals surface area (Å²) in [6.45, 7) is 5.58. The van der Waals surface area contributed by atoms with Crippen molar-refractivity contribution in [2.24, 2.45) is 0 Å². The first-order valence-corrected chi connectivity index (χ1v) is 4.18. The number of phenols is 1. The summed E-state index contributed by atoms with van der Waals surface area (Å²) >= 11 is 0. The van der Waals surface area contributed by atoms with Gasteiger partial charge in [0.2, 0.25) is 0 Å². The van der Waals surface area contributed by atoms with Crippen molar-refractivity contribution in [2.75, 3.05) is 7.11 Å². The first-order chi connectivity index (χ1) is 6.15. The van der Waals surface area contributed by atoms with Gasteiger partial charge in [0, 0.05) is 6.07 Å². The van der Waals surface area contributed by atoms with E-state index in [1.54, 1.807) is 6.92 Å². The molecule has 0 radical (unpaired) electrons. The van der Waals surface area contributed by atoms with Crippen LogP contribution in [0.1, 0.15) is 19.4 Å². The highest BCUT2D eigenvalue weighted by molar-refractivity contribution is 5.41. The molecule has 0 aliphatic rings. The van der Waals surface area contributed by atoms with Crippen molar-refractivity contribution in [1.29, 1.82) is 0 Å². The van der Waals surface area contributed by atoms with Crippen molar-refractivity contribution < 1.29 is 14.2 Å². The zero-order chi connectivity index (χ0) is 10.4. The molecule has 0 heterocycles. The lowest BCUT2D eigenvalue weighted by Crippen LogP contribution is -1.87. The van der Waals surface area contributed by atoms with Crippen LogP contribution in [0.5, 0.6) is 11.5 Å². The molecule has 1 rings (SSSR count). The minimum atomic E-state index is -0.375. The van der Waals surface area contributed by atoms with Crippen LogP contribution in [-0.2, 0) is 0 Å². The number of hydrogen-bond donors (Lipinski definition) is 1. The average molecular weight is 186 g/mol. The molecule has 0 unspecified atom stereocenters. The maximum atomic E-state index is 12.8. The number of ether oxygens (including phenoxy) is 1. The summed E-state index contributed by atoms with van der Waals surface area (Å²) in [6.07, 6.45) is 0. The van der Waals surface area contributed by atoms with Crippen molar-refractivity contribution in [3.05, 3.63) is 23.5 Å². The Labute approximate surface area is 78.0 Å². The fraction of sp³-hybridized carbons (Fsp3) is 0.400.